The quantitative estimate of drug-likeness (QED) is 0.0213. The first-order chi connectivity index (χ1) is 32.6. The van der Waals surface area contributed by atoms with Crippen LogP contribution in [0.3, 0.4) is 0 Å². The van der Waals surface area contributed by atoms with Crippen molar-refractivity contribution in [2.45, 2.75) is 290 Å². The van der Waals surface area contributed by atoms with Crippen molar-refractivity contribution < 1.29 is 37.3 Å². The highest BCUT2D eigenvalue weighted by atomic mass is 31.2. The second-order valence-electron chi connectivity index (χ2n) is 21.0. The van der Waals surface area contributed by atoms with Gasteiger partial charge in [-0.25, -0.2) is 4.57 Å². The van der Waals surface area contributed by atoms with E-state index < -0.39 is 13.9 Å². The molecule has 0 fully saturated rings. The van der Waals surface area contributed by atoms with Crippen molar-refractivity contribution in [3.8, 4) is 0 Å². The number of carbonyl (C=O) groups excluding carboxylic acids is 1. The predicted octanol–water partition coefficient (Wildman–Crippen LogP) is 18.3. The smallest absolute Gasteiger partial charge is 0.457 e. The highest BCUT2D eigenvalue weighted by molar-refractivity contribution is 7.47. The van der Waals surface area contributed by atoms with Crippen LogP contribution in [0, 0.1) is 0 Å². The molecule has 2 unspecified atom stereocenters. The third-order valence-electron chi connectivity index (χ3n) is 13.0. The Morgan fingerprint density at radius 2 is 0.821 bits per heavy atom. The van der Waals surface area contributed by atoms with E-state index in [4.69, 9.17) is 18.5 Å². The van der Waals surface area contributed by atoms with Gasteiger partial charge in [-0.3, -0.25) is 13.8 Å². The van der Waals surface area contributed by atoms with Gasteiger partial charge in [0, 0.05) is 13.0 Å². The Balaban J connectivity index is 4.01. The van der Waals surface area contributed by atoms with E-state index in [2.05, 4.69) is 38.2 Å². The van der Waals surface area contributed by atoms with Crippen molar-refractivity contribution in [3.05, 3.63) is 24.3 Å². The number of hydrogen-bond donors (Lipinski definition) is 1. The van der Waals surface area contributed by atoms with Gasteiger partial charge < -0.3 is 18.9 Å². The molecule has 0 aromatic carbocycles. The van der Waals surface area contributed by atoms with Crippen LogP contribution in [0.5, 0.6) is 0 Å². The van der Waals surface area contributed by atoms with Crippen molar-refractivity contribution >= 4 is 13.8 Å². The maximum atomic E-state index is 12.8. The van der Waals surface area contributed by atoms with E-state index in [0.717, 1.165) is 38.5 Å². The van der Waals surface area contributed by atoms with Crippen LogP contribution < -0.4 is 0 Å². The largest absolute Gasteiger partial charge is 0.472 e. The normalized spacial score (nSPS) is 13.6. The summed E-state index contributed by atoms with van der Waals surface area (Å²) in [5.41, 5.74) is 0. The minimum absolute atomic E-state index is 0.0903. The SMILES string of the molecule is CCCCC/C=C\C/C=C\CCCCCCCCCCCC(=O)OC(COCCCCCCCCCCCCCCCCCCCCCCCCCCCC)COP(=O)(O)OCC[N+](C)(C)C. The first-order valence-corrected chi connectivity index (χ1v) is 30.6. The Labute approximate surface area is 417 Å². The molecule has 0 aliphatic carbocycles. The fourth-order valence-electron chi connectivity index (χ4n) is 8.53. The molecule has 0 aliphatic rings. The predicted molar refractivity (Wildman–Crippen MR) is 289 cm³/mol. The zero-order valence-electron chi connectivity index (χ0n) is 45.4. The fraction of sp³-hybridized carbons (Fsp3) is 0.914. The van der Waals surface area contributed by atoms with Gasteiger partial charge in [-0.1, -0.05) is 256 Å². The number of phosphoric ester groups is 1. The Bertz CT molecular complexity index is 1120. The van der Waals surface area contributed by atoms with Crippen LogP contribution in [0.4, 0.5) is 0 Å². The Hall–Kier alpha value is -1.02. The molecule has 0 rings (SSSR count). The molecule has 2 atom stereocenters. The molecule has 8 nitrogen and oxygen atoms in total. The maximum absolute atomic E-state index is 12.8. The maximum Gasteiger partial charge on any atom is 0.472 e. The van der Waals surface area contributed by atoms with Gasteiger partial charge in [0.15, 0.2) is 0 Å². The topological polar surface area (TPSA) is 91.3 Å². The molecule has 9 heteroatoms. The molecule has 0 aromatic rings. The molecular formula is C58H115NO7P+. The van der Waals surface area contributed by atoms with Gasteiger partial charge in [-0.2, -0.15) is 0 Å². The summed E-state index contributed by atoms with van der Waals surface area (Å²) in [5, 5.41) is 0. The lowest BCUT2D eigenvalue weighted by atomic mass is 10.0. The molecule has 0 aliphatic heterocycles. The van der Waals surface area contributed by atoms with E-state index >= 15 is 0 Å². The Morgan fingerprint density at radius 3 is 1.24 bits per heavy atom. The lowest BCUT2D eigenvalue weighted by Crippen LogP contribution is -2.37. The average molecular weight is 970 g/mol. The van der Waals surface area contributed by atoms with Crippen LogP contribution >= 0.6 is 7.82 Å². The van der Waals surface area contributed by atoms with Crippen LogP contribution in [0.25, 0.3) is 0 Å². The molecule has 398 valence electrons. The van der Waals surface area contributed by atoms with Gasteiger partial charge in [-0.15, -0.1) is 0 Å². The van der Waals surface area contributed by atoms with Crippen molar-refractivity contribution in [1.29, 1.82) is 0 Å². The monoisotopic (exact) mass is 969 g/mol. The van der Waals surface area contributed by atoms with Crippen LogP contribution in [0.15, 0.2) is 24.3 Å². The number of esters is 1. The number of nitrogens with zero attached hydrogens (tertiary/aromatic N) is 1. The molecule has 0 aromatic heterocycles. The van der Waals surface area contributed by atoms with E-state index in [9.17, 15) is 14.3 Å². The molecule has 0 bridgehead atoms. The van der Waals surface area contributed by atoms with E-state index in [1.807, 2.05) is 21.1 Å². The number of hydrogen-bond acceptors (Lipinski definition) is 6. The summed E-state index contributed by atoms with van der Waals surface area (Å²) in [6, 6.07) is 0. The van der Waals surface area contributed by atoms with Crippen LogP contribution in [-0.2, 0) is 27.9 Å². The fourth-order valence-corrected chi connectivity index (χ4v) is 9.27. The number of ether oxygens (including phenoxy) is 2. The molecule has 0 amide bonds. The van der Waals surface area contributed by atoms with Crippen molar-refractivity contribution in [2.24, 2.45) is 0 Å². The van der Waals surface area contributed by atoms with E-state index in [0.29, 0.717) is 24.1 Å². The first-order valence-electron chi connectivity index (χ1n) is 29.1. The second-order valence-corrected chi connectivity index (χ2v) is 22.5. The van der Waals surface area contributed by atoms with Gasteiger partial charge >= 0.3 is 13.8 Å². The summed E-state index contributed by atoms with van der Waals surface area (Å²) in [6.07, 6.45) is 62.4. The standard InChI is InChI=1S/C58H114NO7P/c1-6-8-10-12-14-16-18-20-22-24-26-27-28-29-30-31-32-34-36-38-40-42-44-46-48-50-53-63-55-57(56-65-67(61,62)64-54-52-59(3,4)5)66-58(60)51-49-47-45-43-41-39-37-35-33-25-23-21-19-17-15-13-11-9-7-2/h15,17,21,23,57H,6-14,16,18-20,22,24-56H2,1-5H3/p+1/b17-15-,23-21-. The van der Waals surface area contributed by atoms with Crippen molar-refractivity contribution in [1.82, 2.24) is 0 Å². The molecule has 67 heavy (non-hydrogen) atoms. The summed E-state index contributed by atoms with van der Waals surface area (Å²) in [7, 11) is 1.68. The molecule has 0 spiro atoms. The molecule has 0 saturated carbocycles. The van der Waals surface area contributed by atoms with Crippen LogP contribution in [0.1, 0.15) is 284 Å². The summed E-state index contributed by atoms with van der Waals surface area (Å²) in [5.74, 6) is -0.312. The van der Waals surface area contributed by atoms with E-state index in [-0.39, 0.29) is 25.8 Å². The molecular weight excluding hydrogens is 854 g/mol. The molecule has 0 heterocycles. The second kappa shape index (κ2) is 51.3. The third kappa shape index (κ3) is 55.8. The van der Waals surface area contributed by atoms with E-state index in [1.165, 1.54) is 225 Å². The number of rotatable bonds is 55. The van der Waals surface area contributed by atoms with Crippen LogP contribution in [-0.4, -0.2) is 75.6 Å². The zero-order valence-corrected chi connectivity index (χ0v) is 46.3. The highest BCUT2D eigenvalue weighted by Gasteiger charge is 2.26. The Kier molecular flexibility index (Phi) is 50.6. The minimum Gasteiger partial charge on any atom is -0.457 e. The lowest BCUT2D eigenvalue weighted by Gasteiger charge is -2.24. The van der Waals surface area contributed by atoms with Gasteiger partial charge in [0.05, 0.1) is 34.4 Å². The number of unbranched alkanes of at least 4 members (excludes halogenated alkanes) is 37. The number of phosphoric acid groups is 1. The molecule has 1 N–H and O–H groups in total. The van der Waals surface area contributed by atoms with Gasteiger partial charge in [0.25, 0.3) is 0 Å². The van der Waals surface area contributed by atoms with Crippen molar-refractivity contribution in [2.75, 3.05) is 54.1 Å². The Morgan fingerprint density at radius 1 is 0.463 bits per heavy atom. The number of allylic oxidation sites excluding steroid dienone is 4. The van der Waals surface area contributed by atoms with Gasteiger partial charge in [-0.05, 0) is 44.9 Å². The number of carbonyl (C=O) groups is 1. The van der Waals surface area contributed by atoms with E-state index in [1.54, 1.807) is 0 Å². The van der Waals surface area contributed by atoms with Crippen LogP contribution in [0.2, 0.25) is 0 Å². The minimum atomic E-state index is -4.28. The average Bonchev–Trinajstić information content (AvgIpc) is 3.29. The first kappa shape index (κ1) is 66.0. The summed E-state index contributed by atoms with van der Waals surface area (Å²) < 4.78 is 35.3. The molecule has 0 saturated heterocycles. The zero-order chi connectivity index (χ0) is 49.0. The van der Waals surface area contributed by atoms with Crippen molar-refractivity contribution in [3.63, 3.8) is 0 Å². The summed E-state index contributed by atoms with van der Waals surface area (Å²) in [4.78, 5) is 23.1. The summed E-state index contributed by atoms with van der Waals surface area (Å²) in [6.45, 7) is 5.66. The third-order valence-corrected chi connectivity index (χ3v) is 14.0. The highest BCUT2D eigenvalue weighted by Crippen LogP contribution is 2.43. The number of quaternary nitrogens is 1. The molecule has 0 radical (unpaired) electrons. The number of likely N-dealkylation sites (N-methyl/N-ethyl adjacent to an activating group) is 1. The van der Waals surface area contributed by atoms with Gasteiger partial charge in [0.1, 0.15) is 19.3 Å². The summed E-state index contributed by atoms with van der Waals surface area (Å²) >= 11 is 0. The van der Waals surface area contributed by atoms with Gasteiger partial charge in [0.2, 0.25) is 0 Å². The lowest BCUT2D eigenvalue weighted by molar-refractivity contribution is -0.870.